The number of hydrogen-bond acceptors (Lipinski definition) is 5. The first-order chi connectivity index (χ1) is 9.69. The van der Waals surface area contributed by atoms with E-state index >= 15 is 0 Å². The van der Waals surface area contributed by atoms with Crippen LogP contribution in [-0.4, -0.2) is 16.7 Å². The first kappa shape index (κ1) is 14.9. The summed E-state index contributed by atoms with van der Waals surface area (Å²) in [7, 11) is 0. The summed E-state index contributed by atoms with van der Waals surface area (Å²) in [5, 5.41) is 13.0. The zero-order valence-electron chi connectivity index (χ0n) is 12.2. The number of nitrogens with zero attached hydrogens (tertiary/aromatic N) is 2. The minimum atomic E-state index is 0.488. The van der Waals surface area contributed by atoms with Crippen LogP contribution in [0.2, 0.25) is 0 Å². The molecule has 0 spiro atoms. The third-order valence-corrected chi connectivity index (χ3v) is 3.68. The van der Waals surface area contributed by atoms with E-state index in [1.54, 1.807) is 0 Å². The molecule has 20 heavy (non-hydrogen) atoms. The molecule has 5 heteroatoms. The molecule has 108 valence electrons. The monoisotopic (exact) mass is 291 g/mol. The van der Waals surface area contributed by atoms with Crippen molar-refractivity contribution in [3.63, 3.8) is 0 Å². The molecule has 1 N–H and O–H groups in total. The third kappa shape index (κ3) is 4.28. The molecule has 0 radical (unpaired) electrons. The summed E-state index contributed by atoms with van der Waals surface area (Å²) in [6.45, 7) is 8.22. The predicted molar refractivity (Wildman–Crippen MR) is 82.5 cm³/mol. The second kappa shape index (κ2) is 7.36. The van der Waals surface area contributed by atoms with Gasteiger partial charge in [0.2, 0.25) is 0 Å². The van der Waals surface area contributed by atoms with E-state index in [0.29, 0.717) is 11.1 Å². The van der Waals surface area contributed by atoms with Crippen LogP contribution in [0.5, 0.6) is 10.9 Å². The molecule has 0 saturated heterocycles. The molecule has 4 nitrogen and oxygen atoms in total. The Morgan fingerprint density at radius 3 is 2.90 bits per heavy atom. The Balaban J connectivity index is 1.97. The highest BCUT2D eigenvalue weighted by atomic mass is 32.1. The minimum absolute atomic E-state index is 0.488. The van der Waals surface area contributed by atoms with E-state index in [2.05, 4.69) is 48.4 Å². The molecule has 1 aromatic carbocycles. The lowest BCUT2D eigenvalue weighted by Crippen LogP contribution is -2.13. The topological polar surface area (TPSA) is 47.0 Å². The van der Waals surface area contributed by atoms with E-state index in [-0.39, 0.29) is 0 Å². The Morgan fingerprint density at radius 2 is 2.15 bits per heavy atom. The van der Waals surface area contributed by atoms with Crippen molar-refractivity contribution in [1.82, 2.24) is 15.5 Å². The number of nitrogens with one attached hydrogen (secondary N) is 1. The van der Waals surface area contributed by atoms with Gasteiger partial charge in [-0.1, -0.05) is 49.3 Å². The van der Waals surface area contributed by atoms with Crippen LogP contribution in [0.4, 0.5) is 0 Å². The molecule has 2 rings (SSSR count). The van der Waals surface area contributed by atoms with Crippen LogP contribution in [0.3, 0.4) is 0 Å². The maximum absolute atomic E-state index is 5.77. The Morgan fingerprint density at radius 1 is 1.30 bits per heavy atom. The normalized spacial score (nSPS) is 11.0. The number of aromatic nitrogens is 2. The van der Waals surface area contributed by atoms with E-state index in [9.17, 15) is 0 Å². The van der Waals surface area contributed by atoms with E-state index in [1.165, 1.54) is 16.9 Å². The number of rotatable bonds is 7. The molecule has 0 saturated carbocycles. The lowest BCUT2D eigenvalue weighted by Gasteiger charge is -2.07. The summed E-state index contributed by atoms with van der Waals surface area (Å²) in [4.78, 5) is 0. The fourth-order valence-electron chi connectivity index (χ4n) is 1.76. The summed E-state index contributed by atoms with van der Waals surface area (Å²) in [6.07, 6.45) is 1.12. The Kier molecular flexibility index (Phi) is 5.49. The Hall–Kier alpha value is -1.46. The zero-order valence-corrected chi connectivity index (χ0v) is 13.0. The van der Waals surface area contributed by atoms with E-state index in [0.717, 1.165) is 30.3 Å². The van der Waals surface area contributed by atoms with Crippen LogP contribution in [0.1, 0.15) is 43.7 Å². The molecule has 0 aliphatic carbocycles. The van der Waals surface area contributed by atoms with Crippen molar-refractivity contribution in [3.05, 3.63) is 34.8 Å². The van der Waals surface area contributed by atoms with Gasteiger partial charge in [0.25, 0.3) is 5.19 Å². The molecule has 0 aliphatic heterocycles. The van der Waals surface area contributed by atoms with Crippen molar-refractivity contribution in [2.75, 3.05) is 6.54 Å². The van der Waals surface area contributed by atoms with Crippen LogP contribution >= 0.6 is 11.3 Å². The fraction of sp³-hybridized carbons (Fsp3) is 0.467. The molecular formula is C15H21N3OS. The van der Waals surface area contributed by atoms with E-state index in [4.69, 9.17) is 4.74 Å². The Labute approximate surface area is 124 Å². The summed E-state index contributed by atoms with van der Waals surface area (Å²) in [5.74, 6) is 1.31. The third-order valence-electron chi connectivity index (χ3n) is 2.88. The van der Waals surface area contributed by atoms with Gasteiger partial charge in [0.1, 0.15) is 10.8 Å². The van der Waals surface area contributed by atoms with Crippen LogP contribution in [-0.2, 0) is 6.54 Å². The molecule has 1 heterocycles. The number of ether oxygens (including phenoxy) is 1. The molecule has 0 amide bonds. The largest absolute Gasteiger partial charge is 0.430 e. The predicted octanol–water partition coefficient (Wildman–Crippen LogP) is 3.95. The van der Waals surface area contributed by atoms with Crippen molar-refractivity contribution in [3.8, 4) is 10.9 Å². The first-order valence-electron chi connectivity index (χ1n) is 7.00. The van der Waals surface area contributed by atoms with E-state index < -0.39 is 0 Å². The highest BCUT2D eigenvalue weighted by Gasteiger charge is 2.07. The average molecular weight is 291 g/mol. The average Bonchev–Trinajstić information content (AvgIpc) is 2.87. The van der Waals surface area contributed by atoms with E-state index in [1.807, 2.05) is 12.1 Å². The molecule has 2 aromatic rings. The van der Waals surface area contributed by atoms with Gasteiger partial charge >= 0.3 is 0 Å². The summed E-state index contributed by atoms with van der Waals surface area (Å²) < 4.78 is 5.77. The molecule has 1 aromatic heterocycles. The molecule has 0 fully saturated rings. The minimum Gasteiger partial charge on any atom is -0.430 e. The molecule has 0 unspecified atom stereocenters. The molecule has 0 bridgehead atoms. The van der Waals surface area contributed by atoms with Gasteiger partial charge in [0, 0.05) is 6.54 Å². The summed E-state index contributed by atoms with van der Waals surface area (Å²) in [5.41, 5.74) is 1.26. The van der Waals surface area contributed by atoms with Gasteiger partial charge in [-0.2, -0.15) is 0 Å². The van der Waals surface area contributed by atoms with Gasteiger partial charge in [0.15, 0.2) is 0 Å². The standard InChI is InChI=1S/C15H21N3OS/c1-4-8-16-10-14-17-18-15(20-14)19-13-7-5-6-12(9-13)11(2)3/h5-7,9,11,16H,4,8,10H2,1-3H3. The number of hydrogen-bond donors (Lipinski definition) is 1. The van der Waals surface area contributed by atoms with Crippen molar-refractivity contribution in [1.29, 1.82) is 0 Å². The SMILES string of the molecule is CCCNCc1nnc(Oc2cccc(C(C)C)c2)s1. The Bertz CT molecular complexity index is 539. The van der Waals surface area contributed by atoms with Crippen molar-refractivity contribution in [2.24, 2.45) is 0 Å². The quantitative estimate of drug-likeness (QED) is 0.785. The smallest absolute Gasteiger partial charge is 0.299 e. The van der Waals surface area contributed by atoms with Crippen LogP contribution < -0.4 is 10.1 Å². The second-order valence-corrected chi connectivity index (χ2v) is 5.99. The van der Waals surface area contributed by atoms with Crippen LogP contribution in [0.25, 0.3) is 0 Å². The maximum Gasteiger partial charge on any atom is 0.299 e. The van der Waals surface area contributed by atoms with Crippen molar-refractivity contribution in [2.45, 2.75) is 39.7 Å². The van der Waals surface area contributed by atoms with Crippen LogP contribution in [0, 0.1) is 0 Å². The molecule has 0 atom stereocenters. The fourth-order valence-corrected chi connectivity index (χ4v) is 2.44. The molecular weight excluding hydrogens is 270 g/mol. The van der Waals surface area contributed by atoms with Gasteiger partial charge in [-0.05, 0) is 36.6 Å². The van der Waals surface area contributed by atoms with Gasteiger partial charge in [-0.15, -0.1) is 5.10 Å². The zero-order chi connectivity index (χ0) is 14.4. The van der Waals surface area contributed by atoms with Gasteiger partial charge in [0.05, 0.1) is 0 Å². The summed E-state index contributed by atoms with van der Waals surface area (Å²) in [6, 6.07) is 8.12. The first-order valence-corrected chi connectivity index (χ1v) is 7.81. The lowest BCUT2D eigenvalue weighted by atomic mass is 10.0. The van der Waals surface area contributed by atoms with Gasteiger partial charge < -0.3 is 10.1 Å². The summed E-state index contributed by atoms with van der Waals surface area (Å²) >= 11 is 1.49. The highest BCUT2D eigenvalue weighted by molar-refractivity contribution is 7.13. The van der Waals surface area contributed by atoms with Crippen LogP contribution in [0.15, 0.2) is 24.3 Å². The lowest BCUT2D eigenvalue weighted by molar-refractivity contribution is 0.472. The number of benzene rings is 1. The molecule has 0 aliphatic rings. The van der Waals surface area contributed by atoms with Gasteiger partial charge in [-0.25, -0.2) is 0 Å². The van der Waals surface area contributed by atoms with Crippen molar-refractivity contribution >= 4 is 11.3 Å². The van der Waals surface area contributed by atoms with Gasteiger partial charge in [-0.3, -0.25) is 0 Å². The maximum atomic E-state index is 5.77. The van der Waals surface area contributed by atoms with Crippen molar-refractivity contribution < 1.29 is 4.74 Å². The highest BCUT2D eigenvalue weighted by Crippen LogP contribution is 2.27. The second-order valence-electron chi connectivity index (χ2n) is 4.97.